The Morgan fingerprint density at radius 2 is 1.91 bits per heavy atom. The van der Waals surface area contributed by atoms with Crippen molar-refractivity contribution in [3.05, 3.63) is 18.7 Å². The van der Waals surface area contributed by atoms with E-state index in [4.69, 9.17) is 0 Å². The predicted octanol–water partition coefficient (Wildman–Crippen LogP) is 6.03. The molecule has 1 fully saturated rings. The summed E-state index contributed by atoms with van der Waals surface area (Å²) in [6.45, 7) is 10.7. The van der Waals surface area contributed by atoms with Gasteiger partial charge in [0.05, 0.1) is 6.33 Å². The molecule has 0 radical (unpaired) electrons. The third-order valence-corrected chi connectivity index (χ3v) is 7.04. The van der Waals surface area contributed by atoms with Crippen molar-refractivity contribution in [3.63, 3.8) is 0 Å². The van der Waals surface area contributed by atoms with E-state index in [0.717, 1.165) is 23.6 Å². The molecule has 1 aliphatic carbocycles. The molecule has 1 atom stereocenters. The largest absolute Gasteiger partial charge is 0.336 e. The minimum absolute atomic E-state index is 0.485. The quantitative estimate of drug-likeness (QED) is 0.540. The lowest BCUT2D eigenvalue weighted by Gasteiger charge is -2.39. The lowest BCUT2D eigenvalue weighted by Crippen LogP contribution is -2.31. The predicted molar refractivity (Wildman–Crippen MR) is 103 cm³/mol. The standard InChI is InChI=1S/C20H36N2S/c1-5-6-7-14-23-19(15-22-13-12-21-16-22)17-8-10-18(11-9-17)20(2,3)4/h12-13,16-19H,5-11,14-15H2,1-4H3. The van der Waals surface area contributed by atoms with Gasteiger partial charge in [-0.05, 0) is 55.1 Å². The van der Waals surface area contributed by atoms with Gasteiger partial charge < -0.3 is 4.57 Å². The van der Waals surface area contributed by atoms with Crippen LogP contribution in [0, 0.1) is 17.3 Å². The lowest BCUT2D eigenvalue weighted by molar-refractivity contribution is 0.147. The molecule has 1 unspecified atom stereocenters. The Morgan fingerprint density at radius 3 is 2.48 bits per heavy atom. The smallest absolute Gasteiger partial charge is 0.0946 e. The van der Waals surface area contributed by atoms with Crippen LogP contribution in [0.3, 0.4) is 0 Å². The van der Waals surface area contributed by atoms with Crippen LogP contribution in [-0.4, -0.2) is 20.6 Å². The molecule has 0 amide bonds. The van der Waals surface area contributed by atoms with E-state index in [1.807, 2.05) is 12.5 Å². The first-order valence-corrected chi connectivity index (χ1v) is 10.6. The Morgan fingerprint density at radius 1 is 1.17 bits per heavy atom. The summed E-state index contributed by atoms with van der Waals surface area (Å²) in [6.07, 6.45) is 15.8. The van der Waals surface area contributed by atoms with Crippen LogP contribution in [0.5, 0.6) is 0 Å². The number of hydrogen-bond acceptors (Lipinski definition) is 2. The van der Waals surface area contributed by atoms with Crippen molar-refractivity contribution in [2.45, 2.75) is 84.4 Å². The number of aromatic nitrogens is 2. The Hall–Kier alpha value is -0.440. The fraction of sp³-hybridized carbons (Fsp3) is 0.850. The van der Waals surface area contributed by atoms with Crippen molar-refractivity contribution in [3.8, 4) is 0 Å². The monoisotopic (exact) mass is 336 g/mol. The minimum Gasteiger partial charge on any atom is -0.336 e. The molecule has 1 heterocycles. The summed E-state index contributed by atoms with van der Waals surface area (Å²) in [6, 6.07) is 0. The normalized spacial score (nSPS) is 23.8. The van der Waals surface area contributed by atoms with Gasteiger partial charge in [-0.15, -0.1) is 0 Å². The second-order valence-electron chi connectivity index (χ2n) is 8.35. The zero-order valence-electron chi connectivity index (χ0n) is 15.6. The van der Waals surface area contributed by atoms with Gasteiger partial charge in [-0.25, -0.2) is 4.98 Å². The lowest BCUT2D eigenvalue weighted by atomic mass is 9.69. The molecule has 1 aromatic heterocycles. The van der Waals surface area contributed by atoms with Gasteiger partial charge in [-0.2, -0.15) is 11.8 Å². The second kappa shape index (κ2) is 9.15. The Kier molecular flexibility index (Phi) is 7.52. The molecular formula is C20H36N2S. The molecule has 0 spiro atoms. The molecule has 2 rings (SSSR count). The van der Waals surface area contributed by atoms with Crippen LogP contribution in [0.1, 0.15) is 72.6 Å². The maximum atomic E-state index is 4.23. The van der Waals surface area contributed by atoms with Crippen molar-refractivity contribution in [2.24, 2.45) is 17.3 Å². The van der Waals surface area contributed by atoms with Crippen molar-refractivity contribution in [1.82, 2.24) is 9.55 Å². The third-order valence-electron chi connectivity index (χ3n) is 5.55. The number of imidazole rings is 1. The number of thioether (sulfide) groups is 1. The Bertz CT molecular complexity index is 413. The maximum absolute atomic E-state index is 4.23. The molecule has 1 aromatic rings. The molecular weight excluding hydrogens is 300 g/mol. The minimum atomic E-state index is 0.485. The number of rotatable bonds is 8. The first-order valence-electron chi connectivity index (χ1n) is 9.58. The summed E-state index contributed by atoms with van der Waals surface area (Å²) < 4.78 is 2.29. The Labute approximate surface area is 147 Å². The molecule has 0 aromatic carbocycles. The van der Waals surface area contributed by atoms with Crippen LogP contribution < -0.4 is 0 Å². The zero-order valence-corrected chi connectivity index (χ0v) is 16.4. The summed E-state index contributed by atoms with van der Waals surface area (Å²) in [5.74, 6) is 3.13. The van der Waals surface area contributed by atoms with Gasteiger partial charge in [-0.3, -0.25) is 0 Å². The first-order chi connectivity index (χ1) is 11.0. The van der Waals surface area contributed by atoms with Gasteiger partial charge in [-0.1, -0.05) is 40.5 Å². The summed E-state index contributed by atoms with van der Waals surface area (Å²) in [7, 11) is 0. The van der Waals surface area contributed by atoms with Crippen molar-refractivity contribution in [1.29, 1.82) is 0 Å². The zero-order chi connectivity index (χ0) is 16.7. The van der Waals surface area contributed by atoms with Gasteiger partial charge in [0.1, 0.15) is 0 Å². The van der Waals surface area contributed by atoms with Crippen LogP contribution in [0.15, 0.2) is 18.7 Å². The molecule has 1 aliphatic rings. The van der Waals surface area contributed by atoms with Crippen LogP contribution in [0.25, 0.3) is 0 Å². The SMILES string of the molecule is CCCCCSC(Cn1ccnc1)C1CCC(C(C)(C)C)CC1. The van der Waals surface area contributed by atoms with Gasteiger partial charge in [0.25, 0.3) is 0 Å². The molecule has 0 saturated heterocycles. The average Bonchev–Trinajstić information content (AvgIpc) is 3.03. The van der Waals surface area contributed by atoms with Crippen LogP contribution in [0.2, 0.25) is 0 Å². The van der Waals surface area contributed by atoms with E-state index in [2.05, 4.69) is 55.2 Å². The topological polar surface area (TPSA) is 17.8 Å². The van der Waals surface area contributed by atoms with E-state index < -0.39 is 0 Å². The van der Waals surface area contributed by atoms with Crippen molar-refractivity contribution in [2.75, 3.05) is 5.75 Å². The van der Waals surface area contributed by atoms with Crippen molar-refractivity contribution >= 4 is 11.8 Å². The maximum Gasteiger partial charge on any atom is 0.0946 e. The van der Waals surface area contributed by atoms with Crippen LogP contribution in [-0.2, 0) is 6.54 Å². The fourth-order valence-electron chi connectivity index (χ4n) is 3.88. The summed E-state index contributed by atoms with van der Waals surface area (Å²) >= 11 is 2.23. The molecule has 2 nitrogen and oxygen atoms in total. The summed E-state index contributed by atoms with van der Waals surface area (Å²) in [4.78, 5) is 4.23. The highest BCUT2D eigenvalue weighted by Crippen LogP contribution is 2.43. The molecule has 132 valence electrons. The van der Waals surface area contributed by atoms with Crippen LogP contribution >= 0.6 is 11.8 Å². The van der Waals surface area contributed by atoms with E-state index in [0.29, 0.717) is 5.41 Å². The molecule has 0 bridgehead atoms. The summed E-state index contributed by atoms with van der Waals surface area (Å²) in [5, 5.41) is 0.766. The molecule has 3 heteroatoms. The highest BCUT2D eigenvalue weighted by atomic mass is 32.2. The molecule has 0 N–H and O–H groups in total. The van der Waals surface area contributed by atoms with E-state index in [-0.39, 0.29) is 0 Å². The number of nitrogens with zero attached hydrogens (tertiary/aromatic N) is 2. The summed E-state index contributed by atoms with van der Waals surface area (Å²) in [5.41, 5.74) is 0.485. The highest BCUT2D eigenvalue weighted by Gasteiger charge is 2.33. The molecule has 1 saturated carbocycles. The van der Waals surface area contributed by atoms with Gasteiger partial charge in [0.15, 0.2) is 0 Å². The van der Waals surface area contributed by atoms with Gasteiger partial charge >= 0.3 is 0 Å². The van der Waals surface area contributed by atoms with Crippen molar-refractivity contribution < 1.29 is 0 Å². The van der Waals surface area contributed by atoms with E-state index in [1.165, 1.54) is 50.7 Å². The number of unbranched alkanes of at least 4 members (excludes halogenated alkanes) is 2. The van der Waals surface area contributed by atoms with E-state index in [9.17, 15) is 0 Å². The van der Waals surface area contributed by atoms with E-state index >= 15 is 0 Å². The van der Waals surface area contributed by atoms with E-state index in [1.54, 1.807) is 0 Å². The molecule has 0 aliphatic heterocycles. The Balaban J connectivity index is 1.88. The third kappa shape index (κ3) is 6.17. The van der Waals surface area contributed by atoms with Gasteiger partial charge in [0.2, 0.25) is 0 Å². The van der Waals surface area contributed by atoms with Gasteiger partial charge in [0, 0.05) is 24.2 Å². The average molecular weight is 337 g/mol. The highest BCUT2D eigenvalue weighted by molar-refractivity contribution is 7.99. The first kappa shape index (κ1) is 18.9. The molecule has 23 heavy (non-hydrogen) atoms. The van der Waals surface area contributed by atoms with Crippen LogP contribution in [0.4, 0.5) is 0 Å². The second-order valence-corrected chi connectivity index (χ2v) is 9.70. The number of hydrogen-bond donors (Lipinski definition) is 0. The fourth-order valence-corrected chi connectivity index (χ4v) is 5.38.